The summed E-state index contributed by atoms with van der Waals surface area (Å²) in [5.41, 5.74) is 8.98. The largest absolute Gasteiger partial charge is 0.399 e. The smallest absolute Gasteiger partial charge is 0.261 e. The number of carbonyl (C=O) groups excluding carboxylic acids is 1. The van der Waals surface area contributed by atoms with E-state index in [9.17, 15) is 4.79 Å². The van der Waals surface area contributed by atoms with Gasteiger partial charge in [-0.1, -0.05) is 12.1 Å². The summed E-state index contributed by atoms with van der Waals surface area (Å²) in [6.07, 6.45) is 4.33. The van der Waals surface area contributed by atoms with Crippen LogP contribution in [-0.4, -0.2) is 12.5 Å². The van der Waals surface area contributed by atoms with Gasteiger partial charge in [-0.3, -0.25) is 4.79 Å². The molecule has 2 aromatic rings. The number of hydrogen-bond acceptors (Lipinski definition) is 3. The maximum atomic E-state index is 12.1. The second-order valence-electron chi connectivity index (χ2n) is 5.16. The Labute approximate surface area is 122 Å². The van der Waals surface area contributed by atoms with Crippen LogP contribution >= 0.6 is 11.3 Å². The zero-order valence-electron chi connectivity index (χ0n) is 11.3. The summed E-state index contributed by atoms with van der Waals surface area (Å²) in [4.78, 5) is 14.3. The third kappa shape index (κ3) is 2.85. The van der Waals surface area contributed by atoms with E-state index >= 15 is 0 Å². The van der Waals surface area contributed by atoms with E-state index in [2.05, 4.69) is 11.4 Å². The minimum absolute atomic E-state index is 0.0554. The molecular weight excluding hydrogens is 268 g/mol. The number of nitrogens with one attached hydrogen (secondary N) is 1. The number of rotatable bonds is 4. The van der Waals surface area contributed by atoms with Gasteiger partial charge in [0.1, 0.15) is 0 Å². The molecule has 1 aromatic heterocycles. The van der Waals surface area contributed by atoms with Crippen LogP contribution in [0.25, 0.3) is 0 Å². The second kappa shape index (κ2) is 5.67. The van der Waals surface area contributed by atoms with Gasteiger partial charge in [0.25, 0.3) is 5.91 Å². The first-order valence-corrected chi connectivity index (χ1v) is 7.78. The normalized spacial score (nSPS) is 13.2. The van der Waals surface area contributed by atoms with Gasteiger partial charge in [0, 0.05) is 17.1 Å². The van der Waals surface area contributed by atoms with Crippen LogP contribution in [-0.2, 0) is 19.3 Å². The monoisotopic (exact) mass is 286 g/mol. The van der Waals surface area contributed by atoms with Gasteiger partial charge in [0.15, 0.2) is 0 Å². The van der Waals surface area contributed by atoms with E-state index in [-0.39, 0.29) is 5.91 Å². The quantitative estimate of drug-likeness (QED) is 0.849. The van der Waals surface area contributed by atoms with Crippen molar-refractivity contribution in [3.05, 3.63) is 51.2 Å². The van der Waals surface area contributed by atoms with Crippen molar-refractivity contribution >= 4 is 22.9 Å². The van der Waals surface area contributed by atoms with E-state index in [1.807, 2.05) is 24.3 Å². The highest BCUT2D eigenvalue weighted by molar-refractivity contribution is 7.14. The molecule has 3 N–H and O–H groups in total. The van der Waals surface area contributed by atoms with Crippen LogP contribution in [0.5, 0.6) is 0 Å². The first-order chi connectivity index (χ1) is 9.72. The number of aryl methyl sites for hydroxylation is 2. The van der Waals surface area contributed by atoms with Crippen LogP contribution in [0.15, 0.2) is 30.3 Å². The van der Waals surface area contributed by atoms with Gasteiger partial charge in [0.05, 0.1) is 4.88 Å². The lowest BCUT2D eigenvalue weighted by atomic mass is 10.1. The highest BCUT2D eigenvalue weighted by Gasteiger charge is 2.17. The highest BCUT2D eigenvalue weighted by Crippen LogP contribution is 2.30. The molecule has 0 aliphatic heterocycles. The van der Waals surface area contributed by atoms with Crippen LogP contribution in [0.2, 0.25) is 0 Å². The first kappa shape index (κ1) is 13.2. The summed E-state index contributed by atoms with van der Waals surface area (Å²) in [6, 6.07) is 9.84. The fourth-order valence-electron chi connectivity index (χ4n) is 2.53. The van der Waals surface area contributed by atoms with Crippen molar-refractivity contribution in [1.82, 2.24) is 5.32 Å². The van der Waals surface area contributed by atoms with Gasteiger partial charge in [-0.2, -0.15) is 0 Å². The number of amides is 1. The van der Waals surface area contributed by atoms with Gasteiger partial charge in [-0.25, -0.2) is 0 Å². The van der Waals surface area contributed by atoms with Gasteiger partial charge < -0.3 is 11.1 Å². The van der Waals surface area contributed by atoms with E-state index < -0.39 is 0 Å². The molecule has 0 radical (unpaired) electrons. The minimum Gasteiger partial charge on any atom is -0.399 e. The number of nitrogen functional groups attached to an aromatic ring is 1. The van der Waals surface area contributed by atoms with Crippen LogP contribution in [0, 0.1) is 0 Å². The third-order valence-electron chi connectivity index (χ3n) is 3.65. The van der Waals surface area contributed by atoms with Crippen molar-refractivity contribution in [2.75, 3.05) is 12.3 Å². The number of nitrogens with two attached hydrogens (primary N) is 1. The van der Waals surface area contributed by atoms with Gasteiger partial charge >= 0.3 is 0 Å². The topological polar surface area (TPSA) is 55.1 Å². The Balaban J connectivity index is 1.52. The molecule has 0 atom stereocenters. The lowest BCUT2D eigenvalue weighted by Crippen LogP contribution is -2.24. The third-order valence-corrected chi connectivity index (χ3v) is 4.89. The Morgan fingerprint density at radius 3 is 2.80 bits per heavy atom. The SMILES string of the molecule is Nc1ccc(CCNC(=O)c2cc3c(s2)CCC3)cc1. The summed E-state index contributed by atoms with van der Waals surface area (Å²) in [5, 5.41) is 2.99. The number of hydrogen-bond donors (Lipinski definition) is 2. The zero-order valence-corrected chi connectivity index (χ0v) is 12.1. The Kier molecular flexibility index (Phi) is 3.74. The van der Waals surface area contributed by atoms with Gasteiger partial charge in [0.2, 0.25) is 0 Å². The number of carbonyl (C=O) groups is 1. The molecule has 1 aliphatic rings. The molecule has 104 valence electrons. The summed E-state index contributed by atoms with van der Waals surface area (Å²) in [5.74, 6) is 0.0554. The van der Waals surface area contributed by atoms with Crippen molar-refractivity contribution in [2.24, 2.45) is 0 Å². The van der Waals surface area contributed by atoms with Crippen LogP contribution in [0.1, 0.15) is 32.1 Å². The van der Waals surface area contributed by atoms with E-state index in [0.717, 1.165) is 29.8 Å². The Hall–Kier alpha value is -1.81. The second-order valence-corrected chi connectivity index (χ2v) is 6.30. The molecule has 1 heterocycles. The molecule has 4 heteroatoms. The fourth-order valence-corrected chi connectivity index (χ4v) is 3.70. The predicted molar refractivity (Wildman–Crippen MR) is 83.2 cm³/mol. The molecule has 1 aliphatic carbocycles. The van der Waals surface area contributed by atoms with E-state index in [4.69, 9.17) is 5.73 Å². The van der Waals surface area contributed by atoms with Crippen molar-refractivity contribution < 1.29 is 4.79 Å². The summed E-state index contributed by atoms with van der Waals surface area (Å²) in [7, 11) is 0. The Morgan fingerprint density at radius 2 is 2.05 bits per heavy atom. The standard InChI is InChI=1S/C16H18N2OS/c17-13-6-4-11(5-7-13)8-9-18-16(19)15-10-12-2-1-3-14(12)20-15/h4-7,10H,1-3,8-9,17H2,(H,18,19). The molecule has 0 saturated carbocycles. The van der Waals surface area contributed by atoms with Crippen LogP contribution in [0.4, 0.5) is 5.69 Å². The number of anilines is 1. The van der Waals surface area contributed by atoms with Crippen LogP contribution in [0.3, 0.4) is 0 Å². The number of benzene rings is 1. The molecular formula is C16H18N2OS. The summed E-state index contributed by atoms with van der Waals surface area (Å²) < 4.78 is 0. The van der Waals surface area contributed by atoms with Crippen molar-refractivity contribution in [3.63, 3.8) is 0 Å². The molecule has 20 heavy (non-hydrogen) atoms. The van der Waals surface area contributed by atoms with E-state index in [1.54, 1.807) is 11.3 Å². The molecule has 0 fully saturated rings. The molecule has 0 bridgehead atoms. The van der Waals surface area contributed by atoms with Crippen molar-refractivity contribution in [1.29, 1.82) is 0 Å². The summed E-state index contributed by atoms with van der Waals surface area (Å²) in [6.45, 7) is 0.658. The van der Waals surface area contributed by atoms with Crippen molar-refractivity contribution in [3.8, 4) is 0 Å². The maximum Gasteiger partial charge on any atom is 0.261 e. The fraction of sp³-hybridized carbons (Fsp3) is 0.312. The number of fused-ring (bicyclic) bond motifs is 1. The number of thiophene rings is 1. The summed E-state index contributed by atoms with van der Waals surface area (Å²) >= 11 is 1.65. The van der Waals surface area contributed by atoms with Crippen molar-refractivity contribution in [2.45, 2.75) is 25.7 Å². The first-order valence-electron chi connectivity index (χ1n) is 6.96. The van der Waals surface area contributed by atoms with E-state index in [0.29, 0.717) is 6.54 Å². The molecule has 0 unspecified atom stereocenters. The van der Waals surface area contributed by atoms with E-state index in [1.165, 1.54) is 22.4 Å². The molecule has 3 rings (SSSR count). The molecule has 3 nitrogen and oxygen atoms in total. The molecule has 1 aromatic carbocycles. The predicted octanol–water partition coefficient (Wildman–Crippen LogP) is 2.79. The maximum absolute atomic E-state index is 12.1. The zero-order chi connectivity index (χ0) is 13.9. The van der Waals surface area contributed by atoms with Crippen LogP contribution < -0.4 is 11.1 Å². The van der Waals surface area contributed by atoms with Gasteiger partial charge in [-0.15, -0.1) is 11.3 Å². The molecule has 1 amide bonds. The average Bonchev–Trinajstić information content (AvgIpc) is 3.02. The Bertz CT molecular complexity index is 594. The average molecular weight is 286 g/mol. The van der Waals surface area contributed by atoms with Gasteiger partial charge in [-0.05, 0) is 55.0 Å². The highest BCUT2D eigenvalue weighted by atomic mass is 32.1. The lowest BCUT2D eigenvalue weighted by Gasteiger charge is -2.04. The molecule has 0 spiro atoms. The molecule has 0 saturated heterocycles. The lowest BCUT2D eigenvalue weighted by molar-refractivity contribution is 0.0958. The Morgan fingerprint density at radius 1 is 1.25 bits per heavy atom. The minimum atomic E-state index is 0.0554.